The van der Waals surface area contributed by atoms with Crippen molar-refractivity contribution in [1.29, 1.82) is 0 Å². The van der Waals surface area contributed by atoms with Crippen molar-refractivity contribution in [3.8, 4) is 28.5 Å². The standard InChI is InChI=1S/C24H28N4O4.ClH/c1-27-9-11-28(12-10-27)26-24(29)18-15-20(25-19-8-6-5-7-17(18)19)16-13-21(30-2)23(32-4)22(14-16)31-3;/h5-8,13-15H,9-12H2,1-4H3,(H,26,29);1H. The van der Waals surface area contributed by atoms with Crippen LogP contribution in [0.1, 0.15) is 10.4 Å². The van der Waals surface area contributed by atoms with E-state index in [-0.39, 0.29) is 18.3 Å². The van der Waals surface area contributed by atoms with E-state index in [1.807, 2.05) is 47.5 Å². The van der Waals surface area contributed by atoms with Gasteiger partial charge in [0.25, 0.3) is 5.91 Å². The summed E-state index contributed by atoms with van der Waals surface area (Å²) in [5.41, 5.74) is 5.77. The van der Waals surface area contributed by atoms with Crippen LogP contribution in [0.25, 0.3) is 22.2 Å². The first-order valence-corrected chi connectivity index (χ1v) is 10.5. The van der Waals surface area contributed by atoms with Gasteiger partial charge in [0.2, 0.25) is 5.75 Å². The number of carbonyl (C=O) groups is 1. The first kappa shape index (κ1) is 24.6. The molecule has 1 amide bonds. The maximum absolute atomic E-state index is 13.3. The molecule has 9 heteroatoms. The Bertz CT molecular complexity index is 1110. The van der Waals surface area contributed by atoms with Crippen LogP contribution in [-0.4, -0.2) is 75.4 Å². The number of piperazine rings is 1. The summed E-state index contributed by atoms with van der Waals surface area (Å²) in [6.07, 6.45) is 0. The van der Waals surface area contributed by atoms with Crippen LogP contribution in [0.3, 0.4) is 0 Å². The monoisotopic (exact) mass is 472 g/mol. The van der Waals surface area contributed by atoms with Crippen molar-refractivity contribution in [1.82, 2.24) is 20.3 Å². The summed E-state index contributed by atoms with van der Waals surface area (Å²) < 4.78 is 16.4. The molecule has 0 radical (unpaired) electrons. The third kappa shape index (κ3) is 5.13. The molecule has 0 spiro atoms. The predicted octanol–water partition coefficient (Wildman–Crippen LogP) is 3.24. The minimum absolute atomic E-state index is 0. The Kier molecular flexibility index (Phi) is 7.97. The number of benzene rings is 2. The lowest BCUT2D eigenvalue weighted by Crippen LogP contribution is -2.52. The fourth-order valence-corrected chi connectivity index (χ4v) is 3.86. The van der Waals surface area contributed by atoms with Gasteiger partial charge in [0, 0.05) is 37.1 Å². The smallest absolute Gasteiger partial charge is 0.266 e. The highest BCUT2D eigenvalue weighted by atomic mass is 35.5. The molecular formula is C24H29ClN4O4. The number of hydrogen-bond donors (Lipinski definition) is 1. The summed E-state index contributed by atoms with van der Waals surface area (Å²) in [5, 5.41) is 2.77. The number of nitrogens with one attached hydrogen (secondary N) is 1. The second-order valence-electron chi connectivity index (χ2n) is 7.72. The zero-order chi connectivity index (χ0) is 22.7. The second-order valence-corrected chi connectivity index (χ2v) is 7.72. The number of hydrogen-bond acceptors (Lipinski definition) is 7. The number of rotatable bonds is 6. The normalized spacial score (nSPS) is 14.4. The first-order valence-electron chi connectivity index (χ1n) is 10.5. The van der Waals surface area contributed by atoms with Gasteiger partial charge in [0.05, 0.1) is 38.1 Å². The van der Waals surface area contributed by atoms with E-state index in [1.54, 1.807) is 21.3 Å². The number of nitrogens with zero attached hydrogens (tertiary/aromatic N) is 3. The van der Waals surface area contributed by atoms with Crippen LogP contribution >= 0.6 is 12.4 Å². The number of ether oxygens (including phenoxy) is 3. The zero-order valence-corrected chi connectivity index (χ0v) is 20.1. The van der Waals surface area contributed by atoms with Gasteiger partial charge >= 0.3 is 0 Å². The molecule has 1 saturated heterocycles. The van der Waals surface area contributed by atoms with E-state index in [2.05, 4.69) is 17.4 Å². The molecule has 0 saturated carbocycles. The van der Waals surface area contributed by atoms with Crippen LogP contribution in [0.2, 0.25) is 0 Å². The van der Waals surface area contributed by atoms with E-state index in [4.69, 9.17) is 19.2 Å². The SMILES string of the molecule is COc1cc(-c2cc(C(=O)NN3CCN(C)CC3)c3ccccc3n2)cc(OC)c1OC.Cl. The quantitative estimate of drug-likeness (QED) is 0.590. The van der Waals surface area contributed by atoms with Gasteiger partial charge in [0.1, 0.15) is 0 Å². The van der Waals surface area contributed by atoms with Gasteiger partial charge in [-0.3, -0.25) is 10.2 Å². The Hall–Kier alpha value is -3.07. The highest BCUT2D eigenvalue weighted by Crippen LogP contribution is 2.41. The largest absolute Gasteiger partial charge is 0.493 e. The predicted molar refractivity (Wildman–Crippen MR) is 131 cm³/mol. The number of aromatic nitrogens is 1. The van der Waals surface area contributed by atoms with Crippen molar-refractivity contribution < 1.29 is 19.0 Å². The van der Waals surface area contributed by atoms with Gasteiger partial charge in [-0.2, -0.15) is 0 Å². The number of likely N-dealkylation sites (N-methyl/N-ethyl adjacent to an activating group) is 1. The van der Waals surface area contributed by atoms with Crippen molar-refractivity contribution in [2.24, 2.45) is 0 Å². The molecule has 0 unspecified atom stereocenters. The minimum Gasteiger partial charge on any atom is -0.493 e. The van der Waals surface area contributed by atoms with Crippen LogP contribution in [0, 0.1) is 0 Å². The van der Waals surface area contributed by atoms with Crippen molar-refractivity contribution in [3.05, 3.63) is 48.0 Å². The van der Waals surface area contributed by atoms with E-state index in [9.17, 15) is 4.79 Å². The molecule has 3 aromatic rings. The van der Waals surface area contributed by atoms with E-state index >= 15 is 0 Å². The average Bonchev–Trinajstić information content (AvgIpc) is 2.83. The fourth-order valence-electron chi connectivity index (χ4n) is 3.86. The lowest BCUT2D eigenvalue weighted by atomic mass is 10.0. The number of halogens is 1. The van der Waals surface area contributed by atoms with Crippen molar-refractivity contribution >= 4 is 29.2 Å². The highest BCUT2D eigenvalue weighted by molar-refractivity contribution is 6.07. The number of pyridine rings is 1. The Labute approximate surface area is 199 Å². The number of hydrazine groups is 1. The Morgan fingerprint density at radius 1 is 0.939 bits per heavy atom. The summed E-state index contributed by atoms with van der Waals surface area (Å²) in [6.45, 7) is 3.39. The van der Waals surface area contributed by atoms with Crippen LogP contribution in [0.4, 0.5) is 0 Å². The molecule has 33 heavy (non-hydrogen) atoms. The molecule has 1 aliphatic heterocycles. The second kappa shape index (κ2) is 10.7. The Balaban J connectivity index is 0.00000306. The van der Waals surface area contributed by atoms with E-state index in [1.165, 1.54) is 0 Å². The zero-order valence-electron chi connectivity index (χ0n) is 19.3. The molecule has 0 bridgehead atoms. The summed E-state index contributed by atoms with van der Waals surface area (Å²) in [5.74, 6) is 1.41. The molecule has 4 rings (SSSR count). The Morgan fingerprint density at radius 2 is 1.58 bits per heavy atom. The van der Waals surface area contributed by atoms with E-state index in [0.29, 0.717) is 28.5 Å². The third-order valence-electron chi connectivity index (χ3n) is 5.68. The molecule has 176 valence electrons. The van der Waals surface area contributed by atoms with E-state index < -0.39 is 0 Å². The van der Waals surface area contributed by atoms with Crippen molar-refractivity contribution in [2.45, 2.75) is 0 Å². The first-order chi connectivity index (χ1) is 15.5. The summed E-state index contributed by atoms with van der Waals surface area (Å²) >= 11 is 0. The molecule has 0 atom stereocenters. The van der Waals surface area contributed by atoms with Gasteiger partial charge < -0.3 is 19.1 Å². The van der Waals surface area contributed by atoms with Crippen molar-refractivity contribution in [2.75, 3.05) is 54.6 Å². The van der Waals surface area contributed by atoms with Gasteiger partial charge in [-0.15, -0.1) is 12.4 Å². The number of para-hydroxylation sites is 1. The van der Waals surface area contributed by atoms with E-state index in [0.717, 1.165) is 42.6 Å². The molecule has 0 aliphatic carbocycles. The van der Waals surface area contributed by atoms with Gasteiger partial charge in [-0.1, -0.05) is 18.2 Å². The van der Waals surface area contributed by atoms with Gasteiger partial charge in [0.15, 0.2) is 11.5 Å². The summed E-state index contributed by atoms with van der Waals surface area (Å²) in [4.78, 5) is 20.3. The summed E-state index contributed by atoms with van der Waals surface area (Å²) in [7, 11) is 6.79. The maximum Gasteiger partial charge on any atom is 0.266 e. The highest BCUT2D eigenvalue weighted by Gasteiger charge is 2.21. The third-order valence-corrected chi connectivity index (χ3v) is 5.68. The van der Waals surface area contributed by atoms with Crippen LogP contribution in [0.5, 0.6) is 17.2 Å². The molecule has 1 aliphatic rings. The fraction of sp³-hybridized carbons (Fsp3) is 0.333. The van der Waals surface area contributed by atoms with Crippen molar-refractivity contribution in [3.63, 3.8) is 0 Å². The molecule has 2 aromatic carbocycles. The molecular weight excluding hydrogens is 444 g/mol. The summed E-state index contributed by atoms with van der Waals surface area (Å²) in [6, 6.07) is 13.1. The minimum atomic E-state index is -0.151. The van der Waals surface area contributed by atoms with Crippen LogP contribution in [0.15, 0.2) is 42.5 Å². The molecule has 8 nitrogen and oxygen atoms in total. The van der Waals surface area contributed by atoms with Crippen LogP contribution < -0.4 is 19.6 Å². The topological polar surface area (TPSA) is 76.2 Å². The lowest BCUT2D eigenvalue weighted by Gasteiger charge is -2.32. The maximum atomic E-state index is 13.3. The molecule has 2 heterocycles. The number of amides is 1. The Morgan fingerprint density at radius 3 is 2.18 bits per heavy atom. The molecule has 1 N–H and O–H groups in total. The van der Waals surface area contributed by atoms with Gasteiger partial charge in [-0.25, -0.2) is 9.99 Å². The number of carbonyl (C=O) groups excluding carboxylic acids is 1. The average molecular weight is 473 g/mol. The van der Waals surface area contributed by atoms with Gasteiger partial charge in [-0.05, 0) is 31.3 Å². The molecule has 1 aromatic heterocycles. The number of methoxy groups -OCH3 is 3. The number of fused-ring (bicyclic) bond motifs is 1. The van der Waals surface area contributed by atoms with Crippen LogP contribution in [-0.2, 0) is 0 Å². The molecule has 1 fully saturated rings. The lowest BCUT2D eigenvalue weighted by molar-refractivity contribution is 0.0664.